The third-order valence-electron chi connectivity index (χ3n) is 5.07. The second-order valence-corrected chi connectivity index (χ2v) is 6.83. The summed E-state index contributed by atoms with van der Waals surface area (Å²) in [6.45, 7) is 2.36. The second-order valence-electron chi connectivity index (χ2n) is 6.42. The molecule has 0 aromatic heterocycles. The van der Waals surface area contributed by atoms with E-state index in [9.17, 15) is 0 Å². The zero-order valence-corrected chi connectivity index (χ0v) is 13.9. The Morgan fingerprint density at radius 1 is 1.25 bits per heavy atom. The molecule has 1 atom stereocenters. The molecule has 1 aromatic rings. The third kappa shape index (κ3) is 2.88. The van der Waals surface area contributed by atoms with Gasteiger partial charge in [-0.3, -0.25) is 0 Å². The van der Waals surface area contributed by atoms with E-state index in [2.05, 4.69) is 50.4 Å². The van der Waals surface area contributed by atoms with Crippen molar-refractivity contribution in [3.8, 4) is 0 Å². The maximum atomic E-state index is 6.45. The van der Waals surface area contributed by atoms with Gasteiger partial charge in [0, 0.05) is 10.6 Å². The van der Waals surface area contributed by atoms with Gasteiger partial charge in [0.1, 0.15) is 0 Å². The zero-order chi connectivity index (χ0) is 14.8. The van der Waals surface area contributed by atoms with Crippen LogP contribution in [0.2, 0.25) is 5.02 Å². The molecular weight excluding hydrogens is 268 g/mol. The van der Waals surface area contributed by atoms with Crippen LogP contribution in [0, 0.1) is 5.92 Å². The number of likely N-dealkylation sites (N-methyl/N-ethyl adjacent to an activating group) is 2. The van der Waals surface area contributed by atoms with Crippen molar-refractivity contribution in [3.63, 3.8) is 0 Å². The van der Waals surface area contributed by atoms with Crippen LogP contribution in [0.3, 0.4) is 0 Å². The summed E-state index contributed by atoms with van der Waals surface area (Å²) in [7, 11) is 6.46. The maximum absolute atomic E-state index is 6.45. The van der Waals surface area contributed by atoms with E-state index in [1.165, 1.54) is 31.2 Å². The van der Waals surface area contributed by atoms with Crippen LogP contribution in [-0.2, 0) is 0 Å². The highest BCUT2D eigenvalue weighted by atomic mass is 35.5. The SMILES string of the molecule is CNC(c1ccccc1Cl)C1(N(C)C)CCC(C)CC1. The van der Waals surface area contributed by atoms with Crippen molar-refractivity contribution in [1.82, 2.24) is 10.2 Å². The van der Waals surface area contributed by atoms with Crippen molar-refractivity contribution in [1.29, 1.82) is 0 Å². The molecule has 3 heteroatoms. The number of nitrogens with one attached hydrogen (secondary N) is 1. The van der Waals surface area contributed by atoms with Gasteiger partial charge in [-0.05, 0) is 64.4 Å². The first-order valence-corrected chi connectivity index (χ1v) is 7.98. The molecule has 0 aliphatic heterocycles. The summed E-state index contributed by atoms with van der Waals surface area (Å²) in [5.74, 6) is 0.840. The minimum atomic E-state index is 0.159. The molecule has 0 amide bonds. The summed E-state index contributed by atoms with van der Waals surface area (Å²) in [5.41, 5.74) is 1.38. The van der Waals surface area contributed by atoms with Crippen molar-refractivity contribution >= 4 is 11.6 Å². The molecule has 1 saturated carbocycles. The summed E-state index contributed by atoms with van der Waals surface area (Å²) in [6, 6.07) is 8.52. The van der Waals surface area contributed by atoms with E-state index in [1.54, 1.807) is 0 Å². The number of halogens is 1. The van der Waals surface area contributed by atoms with E-state index < -0.39 is 0 Å². The summed E-state index contributed by atoms with van der Waals surface area (Å²) in [4.78, 5) is 2.41. The van der Waals surface area contributed by atoms with Crippen LogP contribution in [-0.4, -0.2) is 31.6 Å². The highest BCUT2D eigenvalue weighted by Gasteiger charge is 2.43. The summed E-state index contributed by atoms with van der Waals surface area (Å²) in [5, 5.41) is 4.41. The number of benzene rings is 1. The molecule has 0 spiro atoms. The molecule has 1 aliphatic carbocycles. The summed E-state index contributed by atoms with van der Waals surface area (Å²) in [6.07, 6.45) is 5.03. The highest BCUT2D eigenvalue weighted by Crippen LogP contribution is 2.44. The molecule has 20 heavy (non-hydrogen) atoms. The lowest BCUT2D eigenvalue weighted by Crippen LogP contribution is -2.55. The normalized spacial score (nSPS) is 28.6. The molecular formula is C17H27ClN2. The Hall–Kier alpha value is -0.570. The Bertz CT molecular complexity index is 436. The van der Waals surface area contributed by atoms with Crippen LogP contribution >= 0.6 is 11.6 Å². The first kappa shape index (κ1) is 15.8. The average Bonchev–Trinajstić information content (AvgIpc) is 2.43. The van der Waals surface area contributed by atoms with Crippen molar-refractivity contribution in [3.05, 3.63) is 34.9 Å². The fourth-order valence-electron chi connectivity index (χ4n) is 3.68. The number of hydrogen-bond donors (Lipinski definition) is 1. The molecule has 0 bridgehead atoms. The fraction of sp³-hybridized carbons (Fsp3) is 0.647. The zero-order valence-electron chi connectivity index (χ0n) is 13.1. The van der Waals surface area contributed by atoms with E-state index in [4.69, 9.17) is 11.6 Å². The lowest BCUT2D eigenvalue weighted by Gasteiger charge is -2.50. The predicted octanol–water partition coefficient (Wildman–Crippen LogP) is 4.11. The monoisotopic (exact) mass is 294 g/mol. The van der Waals surface area contributed by atoms with Gasteiger partial charge in [-0.15, -0.1) is 0 Å². The van der Waals surface area contributed by atoms with Crippen molar-refractivity contribution < 1.29 is 0 Å². The average molecular weight is 295 g/mol. The van der Waals surface area contributed by atoms with Crippen LogP contribution in [0.1, 0.15) is 44.2 Å². The van der Waals surface area contributed by atoms with Gasteiger partial charge in [-0.25, -0.2) is 0 Å². The Morgan fingerprint density at radius 3 is 2.35 bits per heavy atom. The Kier molecular flexibility index (Phi) is 5.11. The molecule has 0 heterocycles. The maximum Gasteiger partial charge on any atom is 0.0519 e. The molecule has 1 aliphatic rings. The molecule has 1 aromatic carbocycles. The van der Waals surface area contributed by atoms with Gasteiger partial charge >= 0.3 is 0 Å². The van der Waals surface area contributed by atoms with E-state index >= 15 is 0 Å². The van der Waals surface area contributed by atoms with E-state index in [0.717, 1.165) is 10.9 Å². The summed E-state index contributed by atoms with van der Waals surface area (Å²) < 4.78 is 0. The largest absolute Gasteiger partial charge is 0.311 e. The van der Waals surface area contributed by atoms with Gasteiger partial charge in [-0.1, -0.05) is 36.7 Å². The molecule has 1 unspecified atom stereocenters. The minimum absolute atomic E-state index is 0.159. The van der Waals surface area contributed by atoms with Crippen LogP contribution in [0.5, 0.6) is 0 Å². The molecule has 112 valence electrons. The first-order valence-electron chi connectivity index (χ1n) is 7.60. The smallest absolute Gasteiger partial charge is 0.0519 e. The molecule has 2 nitrogen and oxygen atoms in total. The Balaban J connectivity index is 2.38. The van der Waals surface area contributed by atoms with Gasteiger partial charge in [-0.2, -0.15) is 0 Å². The van der Waals surface area contributed by atoms with Gasteiger partial charge in [0.2, 0.25) is 0 Å². The minimum Gasteiger partial charge on any atom is -0.311 e. The number of nitrogens with zero attached hydrogens (tertiary/aromatic N) is 1. The first-order chi connectivity index (χ1) is 9.51. The van der Waals surface area contributed by atoms with Gasteiger partial charge < -0.3 is 10.2 Å². The van der Waals surface area contributed by atoms with Gasteiger partial charge in [0.05, 0.1) is 6.04 Å². The topological polar surface area (TPSA) is 15.3 Å². The number of rotatable bonds is 4. The third-order valence-corrected chi connectivity index (χ3v) is 5.42. The number of hydrogen-bond acceptors (Lipinski definition) is 2. The highest BCUT2D eigenvalue weighted by molar-refractivity contribution is 6.31. The predicted molar refractivity (Wildman–Crippen MR) is 87.3 cm³/mol. The fourth-order valence-corrected chi connectivity index (χ4v) is 3.92. The Morgan fingerprint density at radius 2 is 1.85 bits per heavy atom. The quantitative estimate of drug-likeness (QED) is 0.899. The van der Waals surface area contributed by atoms with Crippen molar-refractivity contribution in [2.45, 2.75) is 44.2 Å². The van der Waals surface area contributed by atoms with Crippen molar-refractivity contribution in [2.75, 3.05) is 21.1 Å². The molecule has 1 N–H and O–H groups in total. The molecule has 0 saturated heterocycles. The standard InChI is InChI=1S/C17H27ClN2/c1-13-9-11-17(12-10-13,20(3)4)16(19-2)14-7-5-6-8-15(14)18/h5-8,13,16,19H,9-12H2,1-4H3. The molecule has 1 fully saturated rings. The second kappa shape index (κ2) is 6.46. The lowest BCUT2D eigenvalue weighted by atomic mass is 9.70. The van der Waals surface area contributed by atoms with Gasteiger partial charge in [0.15, 0.2) is 0 Å². The van der Waals surface area contributed by atoms with E-state index in [1.807, 2.05) is 12.1 Å². The molecule has 0 radical (unpaired) electrons. The van der Waals surface area contributed by atoms with Crippen LogP contribution in [0.25, 0.3) is 0 Å². The molecule has 2 rings (SSSR count). The Labute approximate surface area is 128 Å². The van der Waals surface area contributed by atoms with Crippen LogP contribution < -0.4 is 5.32 Å². The van der Waals surface area contributed by atoms with E-state index in [-0.39, 0.29) is 11.6 Å². The van der Waals surface area contributed by atoms with E-state index in [0.29, 0.717) is 0 Å². The van der Waals surface area contributed by atoms with Crippen LogP contribution in [0.15, 0.2) is 24.3 Å². The van der Waals surface area contributed by atoms with Crippen LogP contribution in [0.4, 0.5) is 0 Å². The summed E-state index contributed by atoms with van der Waals surface area (Å²) >= 11 is 6.45. The van der Waals surface area contributed by atoms with Gasteiger partial charge in [0.25, 0.3) is 0 Å². The lowest BCUT2D eigenvalue weighted by molar-refractivity contribution is 0.0456. The van der Waals surface area contributed by atoms with Crippen molar-refractivity contribution in [2.24, 2.45) is 5.92 Å².